The first kappa shape index (κ1) is 22.3. The summed E-state index contributed by atoms with van der Waals surface area (Å²) in [6, 6.07) is 20.8. The third-order valence-corrected chi connectivity index (χ3v) is 6.45. The number of rotatable bonds is 7. The van der Waals surface area contributed by atoms with Crippen molar-refractivity contribution in [2.45, 2.75) is 4.90 Å². The average molecular weight is 458 g/mol. The highest BCUT2D eigenvalue weighted by molar-refractivity contribution is 7.92. The van der Waals surface area contributed by atoms with Gasteiger partial charge >= 0.3 is 0 Å². The Hall–Kier alpha value is -3.36. The maximum absolute atomic E-state index is 12.9. The molecule has 0 atom stereocenters. The second-order valence-corrected chi connectivity index (χ2v) is 8.98. The van der Waals surface area contributed by atoms with Crippen LogP contribution in [-0.4, -0.2) is 33.8 Å². The van der Waals surface area contributed by atoms with E-state index in [0.717, 1.165) is 4.31 Å². The van der Waals surface area contributed by atoms with E-state index >= 15 is 0 Å². The predicted octanol–water partition coefficient (Wildman–Crippen LogP) is 3.53. The monoisotopic (exact) mass is 457 g/mol. The van der Waals surface area contributed by atoms with E-state index in [1.165, 1.54) is 31.3 Å². The smallest absolute Gasteiger partial charge is 0.264 e. The number of sulfonamides is 1. The normalized spacial score (nSPS) is 10.9. The van der Waals surface area contributed by atoms with Gasteiger partial charge in [-0.1, -0.05) is 35.9 Å². The Balaban J connectivity index is 1.67. The van der Waals surface area contributed by atoms with Crippen molar-refractivity contribution in [1.82, 2.24) is 5.32 Å². The largest absolute Gasteiger partial charge is 0.343 e. The first-order valence-electron chi connectivity index (χ1n) is 9.25. The summed E-state index contributed by atoms with van der Waals surface area (Å²) >= 11 is 5.80. The summed E-state index contributed by atoms with van der Waals surface area (Å²) in [7, 11) is -2.42. The van der Waals surface area contributed by atoms with Gasteiger partial charge in [0, 0.05) is 23.3 Å². The van der Waals surface area contributed by atoms with Crippen LogP contribution in [0.15, 0.2) is 83.8 Å². The SMILES string of the molecule is CN(c1ccccc1)S(=O)(=O)c1cccc(C(=O)NCC(=O)Nc2ccc(Cl)cc2)c1. The average Bonchev–Trinajstić information content (AvgIpc) is 2.79. The second-order valence-electron chi connectivity index (χ2n) is 6.57. The third-order valence-electron chi connectivity index (χ3n) is 4.41. The van der Waals surface area contributed by atoms with Gasteiger partial charge in [-0.2, -0.15) is 0 Å². The summed E-state index contributed by atoms with van der Waals surface area (Å²) in [5.74, 6) is -0.992. The van der Waals surface area contributed by atoms with E-state index in [1.807, 2.05) is 0 Å². The molecule has 160 valence electrons. The van der Waals surface area contributed by atoms with E-state index in [2.05, 4.69) is 10.6 Å². The molecule has 0 radical (unpaired) electrons. The van der Waals surface area contributed by atoms with Gasteiger partial charge in [0.15, 0.2) is 0 Å². The number of halogens is 1. The maximum Gasteiger partial charge on any atom is 0.264 e. The number of amides is 2. The Morgan fingerprint density at radius 1 is 0.935 bits per heavy atom. The molecule has 0 spiro atoms. The molecule has 3 aromatic carbocycles. The third kappa shape index (κ3) is 5.62. The molecule has 0 aliphatic carbocycles. The highest BCUT2D eigenvalue weighted by atomic mass is 35.5. The van der Waals surface area contributed by atoms with Gasteiger partial charge in [-0.15, -0.1) is 0 Å². The molecular formula is C22H20ClN3O4S. The van der Waals surface area contributed by atoms with Gasteiger partial charge in [0.2, 0.25) is 5.91 Å². The molecule has 31 heavy (non-hydrogen) atoms. The van der Waals surface area contributed by atoms with Crippen LogP contribution in [0.25, 0.3) is 0 Å². The maximum atomic E-state index is 12.9. The topological polar surface area (TPSA) is 95.6 Å². The number of nitrogens with one attached hydrogen (secondary N) is 2. The van der Waals surface area contributed by atoms with Crippen LogP contribution in [0, 0.1) is 0 Å². The molecule has 0 aliphatic rings. The molecule has 0 saturated carbocycles. The molecule has 2 N–H and O–H groups in total. The van der Waals surface area contributed by atoms with Crippen LogP contribution in [-0.2, 0) is 14.8 Å². The fourth-order valence-corrected chi connectivity index (χ4v) is 4.10. The lowest BCUT2D eigenvalue weighted by Crippen LogP contribution is -2.33. The standard InChI is InChI=1S/C22H20ClN3O4S/c1-26(19-7-3-2-4-8-19)31(29,30)20-9-5-6-16(14-20)22(28)24-15-21(27)25-18-12-10-17(23)11-13-18/h2-14H,15H2,1H3,(H,24,28)(H,25,27). The molecule has 2 amide bonds. The summed E-state index contributed by atoms with van der Waals surface area (Å²) in [6.45, 7) is -0.275. The van der Waals surface area contributed by atoms with Crippen molar-refractivity contribution in [3.63, 3.8) is 0 Å². The van der Waals surface area contributed by atoms with Gasteiger partial charge in [0.05, 0.1) is 17.1 Å². The molecule has 0 aliphatic heterocycles. The van der Waals surface area contributed by atoms with E-state index < -0.39 is 21.8 Å². The summed E-state index contributed by atoms with van der Waals surface area (Å²) in [5, 5.41) is 5.66. The molecule has 3 rings (SSSR count). The Labute approximate surface area is 185 Å². The van der Waals surface area contributed by atoms with Crippen LogP contribution in [0.3, 0.4) is 0 Å². The Morgan fingerprint density at radius 3 is 2.29 bits per heavy atom. The summed E-state index contributed by atoms with van der Waals surface area (Å²) in [6.07, 6.45) is 0. The Morgan fingerprint density at radius 2 is 1.61 bits per heavy atom. The minimum atomic E-state index is -3.86. The number of hydrogen-bond donors (Lipinski definition) is 2. The first-order valence-corrected chi connectivity index (χ1v) is 11.1. The fourth-order valence-electron chi connectivity index (χ4n) is 2.73. The number of benzene rings is 3. The molecule has 0 saturated heterocycles. The number of carbonyl (C=O) groups excluding carboxylic acids is 2. The van der Waals surface area contributed by atoms with Crippen molar-refractivity contribution >= 4 is 44.8 Å². The lowest BCUT2D eigenvalue weighted by Gasteiger charge is -2.19. The zero-order chi connectivity index (χ0) is 22.4. The molecular weight excluding hydrogens is 438 g/mol. The first-order chi connectivity index (χ1) is 14.8. The van der Waals surface area contributed by atoms with Crippen molar-refractivity contribution in [3.8, 4) is 0 Å². The summed E-state index contributed by atoms with van der Waals surface area (Å²) in [4.78, 5) is 24.5. The molecule has 0 bridgehead atoms. The molecule has 9 heteroatoms. The van der Waals surface area contributed by atoms with E-state index in [-0.39, 0.29) is 17.0 Å². The molecule has 0 fully saturated rings. The summed E-state index contributed by atoms with van der Waals surface area (Å²) in [5.41, 5.74) is 1.17. The van der Waals surface area contributed by atoms with Crippen molar-refractivity contribution in [3.05, 3.63) is 89.4 Å². The number of para-hydroxylation sites is 1. The lowest BCUT2D eigenvalue weighted by molar-refractivity contribution is -0.115. The minimum absolute atomic E-state index is 0.0304. The van der Waals surface area contributed by atoms with Crippen LogP contribution in [0.4, 0.5) is 11.4 Å². The Bertz CT molecular complexity index is 1180. The highest BCUT2D eigenvalue weighted by Crippen LogP contribution is 2.22. The van der Waals surface area contributed by atoms with Crippen molar-refractivity contribution < 1.29 is 18.0 Å². The number of hydrogen-bond acceptors (Lipinski definition) is 4. The van der Waals surface area contributed by atoms with E-state index in [1.54, 1.807) is 54.6 Å². The molecule has 0 unspecified atom stereocenters. The van der Waals surface area contributed by atoms with E-state index in [0.29, 0.717) is 16.4 Å². The summed E-state index contributed by atoms with van der Waals surface area (Å²) < 4.78 is 27.0. The molecule has 0 aromatic heterocycles. The fraction of sp³-hybridized carbons (Fsp3) is 0.0909. The van der Waals surface area contributed by atoms with Gasteiger partial charge in [-0.3, -0.25) is 13.9 Å². The van der Waals surface area contributed by atoms with E-state index in [4.69, 9.17) is 11.6 Å². The lowest BCUT2D eigenvalue weighted by atomic mass is 10.2. The van der Waals surface area contributed by atoms with Crippen molar-refractivity contribution in [1.29, 1.82) is 0 Å². The van der Waals surface area contributed by atoms with Crippen LogP contribution in [0.2, 0.25) is 5.02 Å². The van der Waals surface area contributed by atoms with Gasteiger partial charge in [-0.25, -0.2) is 8.42 Å². The number of anilines is 2. The second kappa shape index (κ2) is 9.63. The van der Waals surface area contributed by atoms with Crippen molar-refractivity contribution in [2.24, 2.45) is 0 Å². The predicted molar refractivity (Wildman–Crippen MR) is 121 cm³/mol. The molecule has 0 heterocycles. The Kier molecular flexibility index (Phi) is 6.94. The zero-order valence-corrected chi connectivity index (χ0v) is 18.2. The van der Waals surface area contributed by atoms with Crippen LogP contribution >= 0.6 is 11.6 Å². The zero-order valence-electron chi connectivity index (χ0n) is 16.6. The van der Waals surface area contributed by atoms with E-state index in [9.17, 15) is 18.0 Å². The highest BCUT2D eigenvalue weighted by Gasteiger charge is 2.22. The molecule has 7 nitrogen and oxygen atoms in total. The van der Waals surface area contributed by atoms with Crippen LogP contribution in [0.5, 0.6) is 0 Å². The van der Waals surface area contributed by atoms with Gasteiger partial charge in [0.1, 0.15) is 0 Å². The van der Waals surface area contributed by atoms with Gasteiger partial charge < -0.3 is 10.6 Å². The van der Waals surface area contributed by atoms with Crippen LogP contribution < -0.4 is 14.9 Å². The quantitative estimate of drug-likeness (QED) is 0.567. The van der Waals surface area contributed by atoms with Crippen molar-refractivity contribution in [2.75, 3.05) is 23.2 Å². The van der Waals surface area contributed by atoms with Gasteiger partial charge in [0.25, 0.3) is 15.9 Å². The minimum Gasteiger partial charge on any atom is -0.343 e. The molecule has 3 aromatic rings. The number of nitrogens with zero attached hydrogens (tertiary/aromatic N) is 1. The number of carbonyl (C=O) groups is 2. The van der Waals surface area contributed by atoms with Gasteiger partial charge in [-0.05, 0) is 54.6 Å². The van der Waals surface area contributed by atoms with Crippen LogP contribution in [0.1, 0.15) is 10.4 Å².